The number of carbonyl (C=O) groups excluding carboxylic acids is 1. The van der Waals surface area contributed by atoms with E-state index in [2.05, 4.69) is 15.5 Å². The summed E-state index contributed by atoms with van der Waals surface area (Å²) in [5.41, 5.74) is 1.00. The first-order valence-corrected chi connectivity index (χ1v) is 8.37. The minimum Gasteiger partial charge on any atom is -0.481 e. The molecule has 1 N–H and O–H groups in total. The van der Waals surface area contributed by atoms with Gasteiger partial charge in [-0.3, -0.25) is 9.59 Å². The Labute approximate surface area is 145 Å². The Bertz CT molecular complexity index is 746. The molecule has 1 aromatic heterocycles. The number of carboxylic acid groups (broad SMARTS) is 1. The highest BCUT2D eigenvalue weighted by atomic mass is 16.4. The number of aromatic nitrogens is 4. The molecule has 0 saturated carbocycles. The van der Waals surface area contributed by atoms with E-state index in [1.165, 1.54) is 4.68 Å². The molecule has 1 amide bonds. The van der Waals surface area contributed by atoms with Gasteiger partial charge in [0.05, 0.1) is 6.42 Å². The first kappa shape index (κ1) is 17.1. The van der Waals surface area contributed by atoms with Gasteiger partial charge in [-0.2, -0.15) is 0 Å². The zero-order valence-electron chi connectivity index (χ0n) is 14.1. The van der Waals surface area contributed by atoms with Gasteiger partial charge >= 0.3 is 5.97 Å². The molecule has 1 saturated heterocycles. The van der Waals surface area contributed by atoms with E-state index in [9.17, 15) is 9.59 Å². The van der Waals surface area contributed by atoms with Crippen LogP contribution in [-0.4, -0.2) is 54.7 Å². The van der Waals surface area contributed by atoms with Crippen LogP contribution in [0.1, 0.15) is 36.7 Å². The maximum absolute atomic E-state index is 13.2. The molecule has 0 spiro atoms. The van der Waals surface area contributed by atoms with Gasteiger partial charge in [-0.1, -0.05) is 30.3 Å². The average molecular weight is 343 g/mol. The summed E-state index contributed by atoms with van der Waals surface area (Å²) < 4.78 is 1.53. The number of aryl methyl sites for hydroxylation is 1. The van der Waals surface area contributed by atoms with Gasteiger partial charge in [-0.25, -0.2) is 4.68 Å². The number of hydrogen-bond donors (Lipinski definition) is 1. The molecule has 132 valence electrons. The van der Waals surface area contributed by atoms with E-state index in [-0.39, 0.29) is 18.4 Å². The van der Waals surface area contributed by atoms with Crippen LogP contribution in [0.3, 0.4) is 0 Å². The summed E-state index contributed by atoms with van der Waals surface area (Å²) in [4.78, 5) is 26.0. The van der Waals surface area contributed by atoms with Crippen LogP contribution in [0.2, 0.25) is 0 Å². The quantitative estimate of drug-likeness (QED) is 0.846. The lowest BCUT2D eigenvalue weighted by atomic mass is 10.0. The largest absolute Gasteiger partial charge is 0.481 e. The van der Waals surface area contributed by atoms with Crippen LogP contribution < -0.4 is 0 Å². The van der Waals surface area contributed by atoms with Crippen LogP contribution in [0.5, 0.6) is 0 Å². The van der Waals surface area contributed by atoms with Crippen molar-refractivity contribution in [3.05, 3.63) is 41.7 Å². The second kappa shape index (κ2) is 7.42. The normalized spacial score (nSPS) is 18.3. The van der Waals surface area contributed by atoms with Gasteiger partial charge < -0.3 is 10.0 Å². The molecule has 1 aliphatic rings. The Morgan fingerprint density at radius 1 is 1.32 bits per heavy atom. The predicted molar refractivity (Wildman–Crippen MR) is 88.7 cm³/mol. The number of aliphatic carboxylic acids is 1. The minimum atomic E-state index is -0.886. The molecule has 8 nitrogen and oxygen atoms in total. The summed E-state index contributed by atoms with van der Waals surface area (Å²) in [7, 11) is 0. The third kappa shape index (κ3) is 3.84. The monoisotopic (exact) mass is 343 g/mol. The van der Waals surface area contributed by atoms with Gasteiger partial charge in [0.2, 0.25) is 5.91 Å². The SMILES string of the molecule is Cc1nnnn1C(Cc1ccccc1)C(=O)N1CCCC1CC(=O)O. The lowest BCUT2D eigenvalue weighted by Crippen LogP contribution is -2.42. The molecular weight excluding hydrogens is 322 g/mol. The molecule has 25 heavy (non-hydrogen) atoms. The van der Waals surface area contributed by atoms with E-state index in [1.54, 1.807) is 11.8 Å². The summed E-state index contributed by atoms with van der Waals surface area (Å²) >= 11 is 0. The molecule has 0 radical (unpaired) electrons. The summed E-state index contributed by atoms with van der Waals surface area (Å²) in [5.74, 6) is -0.450. The van der Waals surface area contributed by atoms with Crippen molar-refractivity contribution in [3.8, 4) is 0 Å². The van der Waals surface area contributed by atoms with Crippen LogP contribution >= 0.6 is 0 Å². The standard InChI is InChI=1S/C17H21N5O3/c1-12-18-19-20-22(12)15(10-13-6-3-2-4-7-13)17(25)21-9-5-8-14(21)11-16(23)24/h2-4,6-7,14-15H,5,8-11H2,1H3,(H,23,24). The summed E-state index contributed by atoms with van der Waals surface area (Å²) in [6.07, 6.45) is 1.96. The van der Waals surface area contributed by atoms with Gasteiger partial charge in [0.15, 0.2) is 0 Å². The van der Waals surface area contributed by atoms with Crippen LogP contribution in [0, 0.1) is 6.92 Å². The smallest absolute Gasteiger partial charge is 0.305 e. The summed E-state index contributed by atoms with van der Waals surface area (Å²) in [6.45, 7) is 2.33. The van der Waals surface area contributed by atoms with Gasteiger partial charge in [-0.05, 0) is 35.8 Å². The number of tetrazole rings is 1. The molecular formula is C17H21N5O3. The van der Waals surface area contributed by atoms with Crippen molar-refractivity contribution in [2.24, 2.45) is 0 Å². The first-order chi connectivity index (χ1) is 12.1. The molecule has 2 unspecified atom stereocenters. The van der Waals surface area contributed by atoms with Gasteiger partial charge in [0.25, 0.3) is 0 Å². The van der Waals surface area contributed by atoms with Crippen LogP contribution in [0.25, 0.3) is 0 Å². The maximum atomic E-state index is 13.2. The zero-order valence-corrected chi connectivity index (χ0v) is 14.1. The van der Waals surface area contributed by atoms with Gasteiger partial charge in [0.1, 0.15) is 11.9 Å². The molecule has 0 aliphatic carbocycles. The molecule has 0 bridgehead atoms. The Hall–Kier alpha value is -2.77. The Morgan fingerprint density at radius 2 is 2.08 bits per heavy atom. The highest BCUT2D eigenvalue weighted by Gasteiger charge is 2.36. The predicted octanol–water partition coefficient (Wildman–Crippen LogP) is 1.23. The van der Waals surface area contributed by atoms with E-state index < -0.39 is 12.0 Å². The fourth-order valence-electron chi connectivity index (χ4n) is 3.37. The number of likely N-dealkylation sites (tertiary alicyclic amines) is 1. The average Bonchev–Trinajstić information content (AvgIpc) is 3.21. The molecule has 1 fully saturated rings. The number of carboxylic acids is 1. The number of benzene rings is 1. The Morgan fingerprint density at radius 3 is 2.72 bits per heavy atom. The fourth-order valence-corrected chi connectivity index (χ4v) is 3.37. The second-order valence-electron chi connectivity index (χ2n) is 6.30. The van der Waals surface area contributed by atoms with E-state index in [0.717, 1.165) is 12.0 Å². The minimum absolute atomic E-state index is 0.0294. The first-order valence-electron chi connectivity index (χ1n) is 8.37. The molecule has 2 atom stereocenters. The fraction of sp³-hybridized carbons (Fsp3) is 0.471. The molecule has 2 heterocycles. The molecule has 8 heteroatoms. The summed E-state index contributed by atoms with van der Waals surface area (Å²) in [5, 5.41) is 20.6. The van der Waals surface area contributed by atoms with Gasteiger partial charge in [0, 0.05) is 19.0 Å². The zero-order chi connectivity index (χ0) is 17.8. The van der Waals surface area contributed by atoms with Crippen molar-refractivity contribution < 1.29 is 14.7 Å². The van der Waals surface area contributed by atoms with Crippen molar-refractivity contribution in [1.82, 2.24) is 25.1 Å². The number of hydrogen-bond acceptors (Lipinski definition) is 5. The van der Waals surface area contributed by atoms with Crippen LogP contribution in [0.15, 0.2) is 30.3 Å². The van der Waals surface area contributed by atoms with Crippen LogP contribution in [-0.2, 0) is 16.0 Å². The molecule has 1 aliphatic heterocycles. The number of nitrogens with zero attached hydrogens (tertiary/aromatic N) is 5. The number of amides is 1. The van der Waals surface area contributed by atoms with Crippen molar-refractivity contribution in [2.45, 2.75) is 44.7 Å². The lowest BCUT2D eigenvalue weighted by Gasteiger charge is -2.28. The van der Waals surface area contributed by atoms with Crippen molar-refractivity contribution in [3.63, 3.8) is 0 Å². The van der Waals surface area contributed by atoms with Crippen molar-refractivity contribution in [1.29, 1.82) is 0 Å². The van der Waals surface area contributed by atoms with Crippen LogP contribution in [0.4, 0.5) is 0 Å². The van der Waals surface area contributed by atoms with E-state index >= 15 is 0 Å². The maximum Gasteiger partial charge on any atom is 0.305 e. The van der Waals surface area contributed by atoms with E-state index in [4.69, 9.17) is 5.11 Å². The lowest BCUT2D eigenvalue weighted by molar-refractivity contribution is -0.141. The van der Waals surface area contributed by atoms with E-state index in [0.29, 0.717) is 25.2 Å². The molecule has 3 rings (SSSR count). The van der Waals surface area contributed by atoms with E-state index in [1.807, 2.05) is 30.3 Å². The number of carbonyl (C=O) groups is 2. The van der Waals surface area contributed by atoms with Crippen molar-refractivity contribution in [2.75, 3.05) is 6.54 Å². The third-order valence-corrected chi connectivity index (χ3v) is 4.58. The summed E-state index contributed by atoms with van der Waals surface area (Å²) in [6, 6.07) is 8.84. The Balaban J connectivity index is 1.87. The topological polar surface area (TPSA) is 101 Å². The Kier molecular flexibility index (Phi) is 5.06. The second-order valence-corrected chi connectivity index (χ2v) is 6.30. The highest BCUT2D eigenvalue weighted by molar-refractivity contribution is 5.82. The third-order valence-electron chi connectivity index (χ3n) is 4.58. The molecule has 2 aromatic rings. The number of rotatable bonds is 6. The highest BCUT2D eigenvalue weighted by Crippen LogP contribution is 2.26. The van der Waals surface area contributed by atoms with Gasteiger partial charge in [-0.15, -0.1) is 5.10 Å². The molecule has 1 aromatic carbocycles. The van der Waals surface area contributed by atoms with Crippen molar-refractivity contribution >= 4 is 11.9 Å².